The van der Waals surface area contributed by atoms with Gasteiger partial charge in [-0.2, -0.15) is 0 Å². The summed E-state index contributed by atoms with van der Waals surface area (Å²) in [7, 11) is 0. The van der Waals surface area contributed by atoms with Crippen molar-refractivity contribution in [2.24, 2.45) is 5.41 Å². The molecule has 9 nitrogen and oxygen atoms in total. The highest BCUT2D eigenvalue weighted by molar-refractivity contribution is 5.83. The fraction of sp³-hybridized carbons (Fsp3) is 0.333. The molecule has 0 bridgehead atoms. The molecule has 0 aliphatic heterocycles. The lowest BCUT2D eigenvalue weighted by molar-refractivity contribution is -0.156. The van der Waals surface area contributed by atoms with Crippen molar-refractivity contribution in [1.29, 1.82) is 0 Å². The molecule has 150 valence electrons. The lowest BCUT2D eigenvalue weighted by Crippen LogP contribution is -2.38. The fourth-order valence-corrected chi connectivity index (χ4v) is 1.28. The third kappa shape index (κ3) is 12.6. The maximum atomic E-state index is 11.2. The maximum Gasteiger partial charge on any atom is 0.370 e. The third-order valence-electron chi connectivity index (χ3n) is 3.06. The number of carbonyl (C=O) groups excluding carboxylic acids is 3. The van der Waals surface area contributed by atoms with Crippen molar-refractivity contribution in [1.82, 2.24) is 0 Å². The molecule has 0 spiro atoms. The molecule has 0 saturated carbocycles. The Bertz CT molecular complexity index is 518. The number of carboxylic acids is 1. The second kappa shape index (κ2) is 13.9. The van der Waals surface area contributed by atoms with Crippen molar-refractivity contribution in [2.45, 2.75) is 13.3 Å². The van der Waals surface area contributed by atoms with Crippen LogP contribution < -0.4 is 0 Å². The first-order valence-electron chi connectivity index (χ1n) is 7.56. The lowest BCUT2D eigenvalue weighted by Gasteiger charge is -2.30. The number of ether oxygens (including phenoxy) is 3. The van der Waals surface area contributed by atoms with E-state index in [4.69, 9.17) is 24.4 Å². The largest absolute Gasteiger partial charge is 0.502 e. The van der Waals surface area contributed by atoms with Crippen LogP contribution in [0.1, 0.15) is 13.3 Å². The Kier molecular flexibility index (Phi) is 13.3. The van der Waals surface area contributed by atoms with Crippen molar-refractivity contribution in [3.63, 3.8) is 0 Å². The fourth-order valence-electron chi connectivity index (χ4n) is 1.28. The summed E-state index contributed by atoms with van der Waals surface area (Å²) in [4.78, 5) is 42.9. The van der Waals surface area contributed by atoms with Crippen molar-refractivity contribution >= 4 is 23.9 Å². The SMILES string of the molecule is C=C(O)C(=O)O.C=CC(=O)OCC(CC)(COC(=O)C=C)COC(=O)C=C. The smallest absolute Gasteiger partial charge is 0.370 e. The van der Waals surface area contributed by atoms with Crippen LogP contribution in [-0.4, -0.2) is 53.9 Å². The van der Waals surface area contributed by atoms with Gasteiger partial charge in [-0.05, 0) is 13.0 Å². The summed E-state index contributed by atoms with van der Waals surface area (Å²) in [5.41, 5.74) is -0.837. The minimum absolute atomic E-state index is 0.0802. The highest BCUT2D eigenvalue weighted by atomic mass is 16.6. The van der Waals surface area contributed by atoms with Crippen LogP contribution in [0.15, 0.2) is 50.3 Å². The third-order valence-corrected chi connectivity index (χ3v) is 3.06. The maximum absolute atomic E-state index is 11.2. The summed E-state index contributed by atoms with van der Waals surface area (Å²) in [6.45, 7) is 14.1. The summed E-state index contributed by atoms with van der Waals surface area (Å²) in [5.74, 6) is -4.04. The average Bonchev–Trinajstić information content (AvgIpc) is 2.67. The van der Waals surface area contributed by atoms with Gasteiger partial charge >= 0.3 is 23.9 Å². The quantitative estimate of drug-likeness (QED) is 0.236. The molecule has 0 radical (unpaired) electrons. The number of aliphatic hydroxyl groups excluding tert-OH is 1. The number of rotatable bonds is 11. The minimum atomic E-state index is -1.38. The highest BCUT2D eigenvalue weighted by Crippen LogP contribution is 2.24. The number of carbonyl (C=O) groups is 4. The van der Waals surface area contributed by atoms with Gasteiger partial charge in [-0.3, -0.25) is 0 Å². The number of hydrogen-bond donors (Lipinski definition) is 2. The molecule has 0 atom stereocenters. The average molecular weight is 384 g/mol. The van der Waals surface area contributed by atoms with Gasteiger partial charge in [0, 0.05) is 18.2 Å². The Morgan fingerprint density at radius 3 is 1.22 bits per heavy atom. The molecule has 0 unspecified atom stereocenters. The van der Waals surface area contributed by atoms with Crippen LogP contribution in [-0.2, 0) is 33.4 Å². The van der Waals surface area contributed by atoms with Gasteiger partial charge in [0.2, 0.25) is 0 Å². The molecule has 0 aromatic heterocycles. The van der Waals surface area contributed by atoms with E-state index in [-0.39, 0.29) is 19.8 Å². The number of aliphatic hydroxyl groups is 1. The zero-order valence-corrected chi connectivity index (χ0v) is 15.1. The normalized spacial score (nSPS) is 9.52. The van der Waals surface area contributed by atoms with Gasteiger partial charge in [-0.15, -0.1) is 0 Å². The molecule has 9 heteroatoms. The number of carboxylic acid groups (broad SMARTS) is 1. The topological polar surface area (TPSA) is 136 Å². The number of hydrogen-bond acceptors (Lipinski definition) is 8. The van der Waals surface area contributed by atoms with Gasteiger partial charge in [0.1, 0.15) is 19.8 Å². The van der Waals surface area contributed by atoms with Gasteiger partial charge in [-0.25, -0.2) is 19.2 Å². The Hall–Kier alpha value is -3.36. The Labute approximate surface area is 157 Å². The zero-order chi connectivity index (χ0) is 21.5. The molecule has 0 fully saturated rings. The standard InChI is InChI=1S/C15H20O6.C3H4O3/c1-5-12(16)19-9-15(8-4,10-20-13(17)6-2)11-21-14(18)7-3;1-2(4)3(5)6/h5-7H,1-3,8-11H2,4H3;4H,1H2,(H,5,6). The van der Waals surface area contributed by atoms with Gasteiger partial charge in [0.25, 0.3) is 0 Å². The van der Waals surface area contributed by atoms with E-state index in [9.17, 15) is 19.2 Å². The van der Waals surface area contributed by atoms with E-state index in [1.54, 1.807) is 6.92 Å². The molecule has 0 aliphatic carbocycles. The Morgan fingerprint density at radius 1 is 0.815 bits per heavy atom. The minimum Gasteiger partial charge on any atom is -0.502 e. The van der Waals surface area contributed by atoms with E-state index in [2.05, 4.69) is 26.3 Å². The molecule has 0 aromatic carbocycles. The molecular formula is C18H24O9. The van der Waals surface area contributed by atoms with Crippen LogP contribution >= 0.6 is 0 Å². The summed E-state index contributed by atoms with van der Waals surface area (Å²) in [6, 6.07) is 0. The van der Waals surface area contributed by atoms with Gasteiger partial charge in [-0.1, -0.05) is 26.7 Å². The molecular weight excluding hydrogens is 360 g/mol. The predicted molar refractivity (Wildman–Crippen MR) is 95.6 cm³/mol. The molecule has 0 saturated heterocycles. The van der Waals surface area contributed by atoms with E-state index >= 15 is 0 Å². The van der Waals surface area contributed by atoms with Gasteiger partial charge in [0.05, 0.1) is 5.41 Å². The second-order valence-corrected chi connectivity index (χ2v) is 5.04. The van der Waals surface area contributed by atoms with Crippen molar-refractivity contribution < 1.29 is 43.6 Å². The van der Waals surface area contributed by atoms with Crippen LogP contribution in [0.25, 0.3) is 0 Å². The molecule has 27 heavy (non-hydrogen) atoms. The van der Waals surface area contributed by atoms with Crippen molar-refractivity contribution in [3.05, 3.63) is 50.3 Å². The van der Waals surface area contributed by atoms with Crippen molar-refractivity contribution in [3.8, 4) is 0 Å². The summed E-state index contributed by atoms with van der Waals surface area (Å²) in [6.07, 6.45) is 3.51. The van der Waals surface area contributed by atoms with Crippen LogP contribution in [0, 0.1) is 5.41 Å². The molecule has 0 amide bonds. The number of esters is 3. The van der Waals surface area contributed by atoms with Crippen molar-refractivity contribution in [2.75, 3.05) is 19.8 Å². The molecule has 0 aromatic rings. The van der Waals surface area contributed by atoms with Crippen LogP contribution in [0.2, 0.25) is 0 Å². The molecule has 2 N–H and O–H groups in total. The predicted octanol–water partition coefficient (Wildman–Crippen LogP) is 1.71. The Balaban J connectivity index is 0. The first-order valence-corrected chi connectivity index (χ1v) is 7.56. The first kappa shape index (κ1) is 25.9. The first-order chi connectivity index (χ1) is 12.6. The summed E-state index contributed by atoms with van der Waals surface area (Å²) >= 11 is 0. The van der Waals surface area contributed by atoms with E-state index < -0.39 is 35.1 Å². The molecule has 0 rings (SSSR count). The van der Waals surface area contributed by atoms with Crippen LogP contribution in [0.4, 0.5) is 0 Å². The van der Waals surface area contributed by atoms with Gasteiger partial charge in [0.15, 0.2) is 5.76 Å². The summed E-state index contributed by atoms with van der Waals surface area (Å²) in [5, 5.41) is 15.5. The monoisotopic (exact) mass is 384 g/mol. The Morgan fingerprint density at radius 2 is 1.07 bits per heavy atom. The van der Waals surface area contributed by atoms with E-state index in [1.807, 2.05) is 0 Å². The summed E-state index contributed by atoms with van der Waals surface area (Å²) < 4.78 is 15.0. The molecule has 0 aliphatic rings. The highest BCUT2D eigenvalue weighted by Gasteiger charge is 2.33. The molecule has 0 heterocycles. The van der Waals surface area contributed by atoms with Crippen LogP contribution in [0.5, 0.6) is 0 Å². The second-order valence-electron chi connectivity index (χ2n) is 5.04. The van der Waals surface area contributed by atoms with E-state index in [0.29, 0.717) is 6.42 Å². The van der Waals surface area contributed by atoms with E-state index in [1.165, 1.54) is 0 Å². The van der Waals surface area contributed by atoms with E-state index in [0.717, 1.165) is 18.2 Å². The van der Waals surface area contributed by atoms with Crippen LogP contribution in [0.3, 0.4) is 0 Å². The van der Waals surface area contributed by atoms with Gasteiger partial charge < -0.3 is 24.4 Å². The zero-order valence-electron chi connectivity index (χ0n) is 15.1. The lowest BCUT2D eigenvalue weighted by atomic mass is 9.88. The number of aliphatic carboxylic acids is 1.